The second-order valence-electron chi connectivity index (χ2n) is 4.59. The minimum Gasteiger partial charge on any atom is -0.351 e. The number of amides is 1. The van der Waals surface area contributed by atoms with E-state index in [9.17, 15) is 4.79 Å². The summed E-state index contributed by atoms with van der Waals surface area (Å²) < 4.78 is 0. The largest absolute Gasteiger partial charge is 0.351 e. The van der Waals surface area contributed by atoms with Crippen LogP contribution in [0.15, 0.2) is 24.3 Å². The molecule has 100 valence electrons. The molecular weight excluding hydrogens is 224 g/mol. The molecule has 0 aliphatic rings. The van der Waals surface area contributed by atoms with Crippen LogP contribution in [-0.4, -0.2) is 11.9 Å². The van der Waals surface area contributed by atoms with Gasteiger partial charge in [-0.25, -0.2) is 0 Å². The number of carbonyl (C=O) groups excluding carboxylic acids is 1. The molecule has 0 unspecified atom stereocenters. The molecular formula is C15H24N2O. The highest BCUT2D eigenvalue weighted by molar-refractivity contribution is 5.81. The molecule has 0 heterocycles. The highest BCUT2D eigenvalue weighted by Gasteiger charge is 2.12. The van der Waals surface area contributed by atoms with Gasteiger partial charge in [0.2, 0.25) is 5.91 Å². The number of rotatable bonds is 7. The Morgan fingerprint density at radius 1 is 1.28 bits per heavy atom. The van der Waals surface area contributed by atoms with Gasteiger partial charge in [0.1, 0.15) is 0 Å². The lowest BCUT2D eigenvalue weighted by Gasteiger charge is -2.13. The minimum absolute atomic E-state index is 0.0469. The molecule has 0 spiro atoms. The van der Waals surface area contributed by atoms with E-state index < -0.39 is 0 Å². The van der Waals surface area contributed by atoms with Crippen LogP contribution in [0.25, 0.3) is 0 Å². The van der Waals surface area contributed by atoms with Gasteiger partial charge >= 0.3 is 0 Å². The van der Waals surface area contributed by atoms with Crippen LogP contribution in [0.4, 0.5) is 0 Å². The first-order valence-electron chi connectivity index (χ1n) is 6.79. The van der Waals surface area contributed by atoms with Crippen molar-refractivity contribution >= 4 is 5.91 Å². The number of unbranched alkanes of at least 4 members (excludes halogenated alkanes) is 1. The molecule has 3 N–H and O–H groups in total. The molecule has 0 saturated heterocycles. The Hall–Kier alpha value is -1.35. The summed E-state index contributed by atoms with van der Waals surface area (Å²) in [5.74, 6) is -0.0469. The first-order chi connectivity index (χ1) is 8.69. The number of nitrogens with two attached hydrogens (primary N) is 1. The van der Waals surface area contributed by atoms with Gasteiger partial charge < -0.3 is 11.1 Å². The molecule has 0 aliphatic carbocycles. The molecule has 0 aliphatic heterocycles. The van der Waals surface area contributed by atoms with E-state index in [1.165, 1.54) is 11.1 Å². The van der Waals surface area contributed by atoms with Gasteiger partial charge in [0.25, 0.3) is 0 Å². The third-order valence-corrected chi connectivity index (χ3v) is 3.16. The summed E-state index contributed by atoms with van der Waals surface area (Å²) in [6.07, 6.45) is 3.81. The third-order valence-electron chi connectivity index (χ3n) is 3.16. The zero-order valence-corrected chi connectivity index (χ0v) is 11.4. The highest BCUT2D eigenvalue weighted by atomic mass is 16.2. The van der Waals surface area contributed by atoms with E-state index in [4.69, 9.17) is 5.73 Å². The van der Waals surface area contributed by atoms with Gasteiger partial charge in [-0.1, -0.05) is 51.0 Å². The van der Waals surface area contributed by atoms with Crippen molar-refractivity contribution in [3.63, 3.8) is 0 Å². The van der Waals surface area contributed by atoms with Crippen LogP contribution in [0, 0.1) is 0 Å². The molecule has 0 aromatic heterocycles. The van der Waals surface area contributed by atoms with Crippen molar-refractivity contribution in [3.8, 4) is 0 Å². The van der Waals surface area contributed by atoms with Crippen molar-refractivity contribution < 1.29 is 4.79 Å². The molecule has 0 bridgehead atoms. The van der Waals surface area contributed by atoms with Crippen LogP contribution in [0.5, 0.6) is 0 Å². The molecule has 3 heteroatoms. The summed E-state index contributed by atoms with van der Waals surface area (Å²) in [5.41, 5.74) is 8.28. The third kappa shape index (κ3) is 4.49. The molecule has 18 heavy (non-hydrogen) atoms. The molecule has 0 fully saturated rings. The summed E-state index contributed by atoms with van der Waals surface area (Å²) in [6, 6.07) is 7.79. The molecule has 1 aromatic carbocycles. The van der Waals surface area contributed by atoms with Crippen LogP contribution in [-0.2, 0) is 17.8 Å². The Kier molecular flexibility index (Phi) is 6.44. The maximum atomic E-state index is 11.8. The summed E-state index contributed by atoms with van der Waals surface area (Å²) in [7, 11) is 0. The van der Waals surface area contributed by atoms with Crippen LogP contribution >= 0.6 is 0 Å². The van der Waals surface area contributed by atoms with E-state index in [-0.39, 0.29) is 11.9 Å². The molecule has 1 rings (SSSR count). The van der Waals surface area contributed by atoms with E-state index >= 15 is 0 Å². The molecule has 1 atom stereocenters. The fraction of sp³-hybridized carbons (Fsp3) is 0.533. The molecule has 0 saturated carbocycles. The standard InChI is InChI=1S/C15H24N2O/c1-3-5-10-14(16)15(18)17-11-13-9-7-6-8-12(13)4-2/h6-9,14H,3-5,10-11,16H2,1-2H3,(H,17,18)/t14-/m0/s1. The maximum absolute atomic E-state index is 11.8. The predicted octanol–water partition coefficient (Wildman–Crippen LogP) is 2.38. The van der Waals surface area contributed by atoms with Gasteiger partial charge in [0.15, 0.2) is 0 Å². The Balaban J connectivity index is 2.46. The van der Waals surface area contributed by atoms with Gasteiger partial charge in [-0.05, 0) is 24.0 Å². The number of hydrogen-bond donors (Lipinski definition) is 2. The van der Waals surface area contributed by atoms with Crippen LogP contribution in [0.1, 0.15) is 44.2 Å². The average molecular weight is 248 g/mol. The smallest absolute Gasteiger partial charge is 0.237 e. The van der Waals surface area contributed by atoms with E-state index in [0.717, 1.165) is 25.7 Å². The van der Waals surface area contributed by atoms with Crippen molar-refractivity contribution in [2.45, 2.75) is 52.1 Å². The van der Waals surface area contributed by atoms with Gasteiger partial charge in [0.05, 0.1) is 6.04 Å². The van der Waals surface area contributed by atoms with Crippen molar-refractivity contribution in [2.75, 3.05) is 0 Å². The Morgan fingerprint density at radius 3 is 2.56 bits per heavy atom. The van der Waals surface area contributed by atoms with Gasteiger partial charge in [0, 0.05) is 6.54 Å². The number of nitrogens with one attached hydrogen (secondary N) is 1. The SMILES string of the molecule is CCCC[C@H](N)C(=O)NCc1ccccc1CC. The Bertz CT molecular complexity index is 377. The van der Waals surface area contributed by atoms with Crippen molar-refractivity contribution in [3.05, 3.63) is 35.4 Å². The van der Waals surface area contributed by atoms with Gasteiger partial charge in [-0.15, -0.1) is 0 Å². The van der Waals surface area contributed by atoms with E-state index in [1.54, 1.807) is 0 Å². The first-order valence-corrected chi connectivity index (χ1v) is 6.79. The number of benzene rings is 1. The van der Waals surface area contributed by atoms with Gasteiger partial charge in [-0.2, -0.15) is 0 Å². The lowest BCUT2D eigenvalue weighted by atomic mass is 10.1. The van der Waals surface area contributed by atoms with Crippen LogP contribution < -0.4 is 11.1 Å². The van der Waals surface area contributed by atoms with E-state index in [1.807, 2.05) is 12.1 Å². The summed E-state index contributed by atoms with van der Waals surface area (Å²) >= 11 is 0. The number of hydrogen-bond acceptors (Lipinski definition) is 2. The number of aryl methyl sites for hydroxylation is 1. The topological polar surface area (TPSA) is 55.1 Å². The summed E-state index contributed by atoms with van der Waals surface area (Å²) in [4.78, 5) is 11.8. The average Bonchev–Trinajstić information content (AvgIpc) is 2.42. The van der Waals surface area contributed by atoms with Crippen LogP contribution in [0.2, 0.25) is 0 Å². The Labute approximate surface area is 110 Å². The summed E-state index contributed by atoms with van der Waals surface area (Å²) in [5, 5.41) is 2.92. The fourth-order valence-corrected chi connectivity index (χ4v) is 1.94. The molecule has 3 nitrogen and oxygen atoms in total. The monoisotopic (exact) mass is 248 g/mol. The van der Waals surface area contributed by atoms with Crippen molar-refractivity contribution in [1.82, 2.24) is 5.32 Å². The van der Waals surface area contributed by atoms with E-state index in [0.29, 0.717) is 6.54 Å². The highest BCUT2D eigenvalue weighted by Crippen LogP contribution is 2.09. The fourth-order valence-electron chi connectivity index (χ4n) is 1.94. The van der Waals surface area contributed by atoms with Gasteiger partial charge in [-0.3, -0.25) is 4.79 Å². The molecule has 1 aromatic rings. The van der Waals surface area contributed by atoms with Crippen molar-refractivity contribution in [1.29, 1.82) is 0 Å². The maximum Gasteiger partial charge on any atom is 0.237 e. The zero-order valence-electron chi connectivity index (χ0n) is 11.4. The quantitative estimate of drug-likeness (QED) is 0.778. The van der Waals surface area contributed by atoms with E-state index in [2.05, 4.69) is 31.3 Å². The molecule has 0 radical (unpaired) electrons. The minimum atomic E-state index is -0.376. The van der Waals surface area contributed by atoms with Crippen LogP contribution in [0.3, 0.4) is 0 Å². The lowest BCUT2D eigenvalue weighted by molar-refractivity contribution is -0.122. The van der Waals surface area contributed by atoms with Crippen molar-refractivity contribution in [2.24, 2.45) is 5.73 Å². The summed E-state index contributed by atoms with van der Waals surface area (Å²) in [6.45, 7) is 4.79. The lowest BCUT2D eigenvalue weighted by Crippen LogP contribution is -2.40. The second kappa shape index (κ2) is 7.88. The molecule has 1 amide bonds. The second-order valence-corrected chi connectivity index (χ2v) is 4.59. The predicted molar refractivity (Wildman–Crippen MR) is 75.2 cm³/mol. The first kappa shape index (κ1) is 14.7. The number of carbonyl (C=O) groups is 1. The normalized spacial score (nSPS) is 12.2. The zero-order chi connectivity index (χ0) is 13.4. The Morgan fingerprint density at radius 2 is 1.94 bits per heavy atom.